The second kappa shape index (κ2) is 11.9. The van der Waals surface area contributed by atoms with Crippen LogP contribution in [0.15, 0.2) is 66.2 Å². The van der Waals surface area contributed by atoms with Crippen LogP contribution in [0.5, 0.6) is 5.88 Å². The molecule has 6 aromatic rings. The van der Waals surface area contributed by atoms with Crippen molar-refractivity contribution in [1.29, 1.82) is 0 Å². The summed E-state index contributed by atoms with van der Waals surface area (Å²) in [6, 6.07) is 10.4. The maximum absolute atomic E-state index is 13.7. The van der Waals surface area contributed by atoms with Crippen molar-refractivity contribution in [1.82, 2.24) is 39.9 Å². The van der Waals surface area contributed by atoms with E-state index < -0.39 is 5.82 Å². The summed E-state index contributed by atoms with van der Waals surface area (Å²) in [4.78, 5) is 46.2. The standard InChI is InChI=1S/C16H16FN5O.C15H14FN5O/c1-23-16-11(7-10(17)8-18-16)13-3-2-6-22(13)14-5-4-12-15(21-14)20-9-19-12;16-9-6-10(15(22)17-7-9)12-2-1-5-21(12)13-4-3-11-14(20-13)19-8-18-11/h4-5,7-9,13H,2-3,6H2,1H3,(H,19,20,21);3-4,6-8,12H,1-2,5H2,(H,17,22)(H,18,19,20)/t13-;12-/m11/s1. The molecule has 8 heterocycles. The molecule has 0 amide bonds. The monoisotopic (exact) mass is 612 g/mol. The number of H-pyrrole nitrogens is 3. The molecule has 6 aromatic heterocycles. The molecule has 45 heavy (non-hydrogen) atoms. The number of anilines is 2. The van der Waals surface area contributed by atoms with Crippen LogP contribution in [0, 0.1) is 11.6 Å². The van der Waals surface area contributed by atoms with Crippen molar-refractivity contribution >= 4 is 34.0 Å². The molecule has 0 unspecified atom stereocenters. The van der Waals surface area contributed by atoms with Gasteiger partial charge in [0.25, 0.3) is 5.56 Å². The number of methoxy groups -OCH3 is 1. The Morgan fingerprint density at radius 3 is 1.96 bits per heavy atom. The number of nitrogens with one attached hydrogen (secondary N) is 3. The molecule has 0 aromatic carbocycles. The Balaban J connectivity index is 0.000000145. The summed E-state index contributed by atoms with van der Waals surface area (Å²) in [6.07, 6.45) is 9.12. The lowest BCUT2D eigenvalue weighted by atomic mass is 10.1. The van der Waals surface area contributed by atoms with Crippen molar-refractivity contribution in [3.05, 3.63) is 94.6 Å². The molecule has 0 radical (unpaired) electrons. The Morgan fingerprint density at radius 2 is 1.36 bits per heavy atom. The highest BCUT2D eigenvalue weighted by Gasteiger charge is 2.31. The minimum atomic E-state index is -0.433. The summed E-state index contributed by atoms with van der Waals surface area (Å²) in [5, 5.41) is 0. The van der Waals surface area contributed by atoms with Gasteiger partial charge in [-0.3, -0.25) is 4.79 Å². The zero-order chi connectivity index (χ0) is 30.9. The molecule has 0 saturated carbocycles. The number of hydrogen-bond donors (Lipinski definition) is 3. The van der Waals surface area contributed by atoms with Gasteiger partial charge in [-0.1, -0.05) is 0 Å². The highest BCUT2D eigenvalue weighted by Crippen LogP contribution is 2.39. The largest absolute Gasteiger partial charge is 0.481 e. The molecular weight excluding hydrogens is 582 g/mol. The summed E-state index contributed by atoms with van der Waals surface area (Å²) in [5.74, 6) is 1.26. The second-order valence-corrected chi connectivity index (χ2v) is 10.9. The molecule has 2 saturated heterocycles. The van der Waals surface area contributed by atoms with Crippen LogP contribution >= 0.6 is 0 Å². The van der Waals surface area contributed by atoms with Crippen molar-refractivity contribution in [2.75, 3.05) is 30.0 Å². The third-order valence-electron chi connectivity index (χ3n) is 8.28. The maximum atomic E-state index is 13.7. The van der Waals surface area contributed by atoms with Gasteiger partial charge in [-0.2, -0.15) is 0 Å². The van der Waals surface area contributed by atoms with Crippen LogP contribution < -0.4 is 20.1 Å². The molecule has 14 heteroatoms. The molecule has 2 atom stereocenters. The Bertz CT molecular complexity index is 2030. The SMILES string of the molecule is COc1ncc(F)cc1[C@H]1CCCN1c1ccc2[nH]cnc2n1.O=c1[nH]cc(F)cc1[C@H]1CCCN1c1ccc2[nH]cnc2n1. The quantitative estimate of drug-likeness (QED) is 0.246. The minimum Gasteiger partial charge on any atom is -0.481 e. The molecule has 0 bridgehead atoms. The van der Waals surface area contributed by atoms with Crippen LogP contribution in [0.4, 0.5) is 20.4 Å². The number of pyridine rings is 4. The van der Waals surface area contributed by atoms with Crippen LogP contribution in [0.3, 0.4) is 0 Å². The van der Waals surface area contributed by atoms with Gasteiger partial charge in [-0.05, 0) is 62.1 Å². The average Bonchev–Trinajstić information content (AvgIpc) is 3.88. The third-order valence-corrected chi connectivity index (χ3v) is 8.28. The van der Waals surface area contributed by atoms with Gasteiger partial charge in [0.15, 0.2) is 11.3 Å². The van der Waals surface area contributed by atoms with Gasteiger partial charge in [0.2, 0.25) is 5.88 Å². The van der Waals surface area contributed by atoms with Gasteiger partial charge in [-0.15, -0.1) is 0 Å². The number of hydrogen-bond acceptors (Lipinski definition) is 9. The Hall–Kier alpha value is -5.40. The number of imidazole rings is 2. The van der Waals surface area contributed by atoms with Crippen LogP contribution in [-0.4, -0.2) is 60.1 Å². The van der Waals surface area contributed by atoms with Crippen LogP contribution in [0.25, 0.3) is 22.3 Å². The van der Waals surface area contributed by atoms with E-state index in [1.807, 2.05) is 29.2 Å². The number of aromatic amines is 3. The highest BCUT2D eigenvalue weighted by atomic mass is 19.1. The molecule has 12 nitrogen and oxygen atoms in total. The topological polar surface area (TPSA) is 145 Å². The first kappa shape index (κ1) is 28.4. The predicted octanol–water partition coefficient (Wildman–Crippen LogP) is 4.97. The average molecular weight is 613 g/mol. The second-order valence-electron chi connectivity index (χ2n) is 10.9. The van der Waals surface area contributed by atoms with Crippen molar-refractivity contribution in [3.63, 3.8) is 0 Å². The summed E-state index contributed by atoms with van der Waals surface area (Å²) < 4.78 is 32.5. The first-order chi connectivity index (χ1) is 22.0. The zero-order valence-corrected chi connectivity index (χ0v) is 24.4. The normalized spacial score (nSPS) is 18.0. The number of halogens is 2. The van der Waals surface area contributed by atoms with Crippen LogP contribution in [0.1, 0.15) is 48.9 Å². The lowest BCUT2D eigenvalue weighted by molar-refractivity contribution is 0.385. The zero-order valence-electron chi connectivity index (χ0n) is 24.4. The van der Waals surface area contributed by atoms with Gasteiger partial charge in [0.1, 0.15) is 23.3 Å². The summed E-state index contributed by atoms with van der Waals surface area (Å²) in [5.41, 5.74) is 4.03. The van der Waals surface area contributed by atoms with E-state index in [2.05, 4.69) is 44.8 Å². The Kier molecular flexibility index (Phi) is 7.53. The van der Waals surface area contributed by atoms with Crippen molar-refractivity contribution < 1.29 is 13.5 Å². The first-order valence-electron chi connectivity index (χ1n) is 14.7. The number of nitrogens with zero attached hydrogens (tertiary/aromatic N) is 7. The Morgan fingerprint density at radius 1 is 0.778 bits per heavy atom. The van der Waals surface area contributed by atoms with E-state index in [0.29, 0.717) is 22.7 Å². The molecule has 2 aliphatic rings. The van der Waals surface area contributed by atoms with Crippen LogP contribution in [-0.2, 0) is 0 Å². The van der Waals surface area contributed by atoms with Gasteiger partial charge >= 0.3 is 0 Å². The third kappa shape index (κ3) is 5.54. The van der Waals surface area contributed by atoms with E-state index in [1.165, 1.54) is 18.3 Å². The number of rotatable bonds is 5. The van der Waals surface area contributed by atoms with E-state index >= 15 is 0 Å². The molecular formula is C31H30F2N10O2. The van der Waals surface area contributed by atoms with Gasteiger partial charge in [-0.25, -0.2) is 33.7 Å². The Labute approximate surface area is 255 Å². The number of fused-ring (bicyclic) bond motifs is 2. The lowest BCUT2D eigenvalue weighted by Crippen LogP contribution is -2.28. The number of ether oxygens (including phenoxy) is 1. The van der Waals surface area contributed by atoms with E-state index in [9.17, 15) is 13.6 Å². The van der Waals surface area contributed by atoms with Crippen LogP contribution in [0.2, 0.25) is 0 Å². The van der Waals surface area contributed by atoms with Gasteiger partial charge in [0.05, 0.1) is 49.1 Å². The molecule has 0 spiro atoms. The van der Waals surface area contributed by atoms with E-state index in [-0.39, 0.29) is 23.5 Å². The van der Waals surface area contributed by atoms with Crippen molar-refractivity contribution in [3.8, 4) is 5.88 Å². The predicted molar refractivity (Wildman–Crippen MR) is 164 cm³/mol. The minimum absolute atomic E-state index is 0.00274. The van der Waals surface area contributed by atoms with Gasteiger partial charge in [0, 0.05) is 30.4 Å². The molecule has 0 aliphatic carbocycles. The van der Waals surface area contributed by atoms with E-state index in [1.54, 1.807) is 19.8 Å². The fraction of sp³-hybridized carbons (Fsp3) is 0.290. The fourth-order valence-corrected chi connectivity index (χ4v) is 6.25. The molecule has 2 aliphatic heterocycles. The number of aromatic nitrogens is 8. The lowest BCUT2D eigenvalue weighted by Gasteiger charge is -2.26. The summed E-state index contributed by atoms with van der Waals surface area (Å²) in [7, 11) is 1.55. The molecule has 2 fully saturated rings. The molecule has 8 rings (SSSR count). The molecule has 3 N–H and O–H groups in total. The smallest absolute Gasteiger partial charge is 0.253 e. The molecule has 230 valence electrons. The summed E-state index contributed by atoms with van der Waals surface area (Å²) >= 11 is 0. The maximum Gasteiger partial charge on any atom is 0.253 e. The van der Waals surface area contributed by atoms with E-state index in [4.69, 9.17) is 4.74 Å². The van der Waals surface area contributed by atoms with Crippen molar-refractivity contribution in [2.24, 2.45) is 0 Å². The van der Waals surface area contributed by atoms with Crippen molar-refractivity contribution in [2.45, 2.75) is 37.8 Å². The highest BCUT2D eigenvalue weighted by molar-refractivity contribution is 5.73. The fourth-order valence-electron chi connectivity index (χ4n) is 6.25. The summed E-state index contributed by atoms with van der Waals surface area (Å²) in [6.45, 7) is 1.64. The van der Waals surface area contributed by atoms with Gasteiger partial charge < -0.3 is 29.5 Å². The first-order valence-corrected chi connectivity index (χ1v) is 14.7. The van der Waals surface area contributed by atoms with E-state index in [0.717, 1.165) is 73.2 Å².